The molecule has 0 saturated heterocycles. The van der Waals surface area contributed by atoms with Crippen molar-refractivity contribution in [3.63, 3.8) is 0 Å². The van der Waals surface area contributed by atoms with Crippen LogP contribution < -0.4 is 0 Å². The average molecular weight is 376 g/mol. The van der Waals surface area contributed by atoms with Crippen LogP contribution in [0, 0.1) is 11.6 Å². The van der Waals surface area contributed by atoms with Gasteiger partial charge in [0.1, 0.15) is 0 Å². The maximum atomic E-state index is 14.9. The van der Waals surface area contributed by atoms with Crippen molar-refractivity contribution in [1.82, 2.24) is 0 Å². The quantitative estimate of drug-likeness (QED) is 0.482. The van der Waals surface area contributed by atoms with Crippen LogP contribution in [-0.4, -0.2) is 5.92 Å². The molecule has 1 saturated carbocycles. The summed E-state index contributed by atoms with van der Waals surface area (Å²) in [6, 6.07) is 10.2. The van der Waals surface area contributed by atoms with Gasteiger partial charge in [-0.15, -0.1) is 0 Å². The van der Waals surface area contributed by atoms with Crippen molar-refractivity contribution in [1.29, 1.82) is 0 Å². The van der Waals surface area contributed by atoms with E-state index in [1.54, 1.807) is 6.08 Å². The third kappa shape index (κ3) is 3.95. The van der Waals surface area contributed by atoms with Gasteiger partial charge < -0.3 is 0 Å². The standard InChI is InChI=1S/C23H24F4/c1-3-5-17-10-12-19(22(25)21(17)24)20-13-11-18(14-23(20,26)27)16-8-6-15(4-2)7-9-16/h4,6-10,12,18,20H,2-3,5,11,13-14H2,1H3. The van der Waals surface area contributed by atoms with E-state index in [-0.39, 0.29) is 29.9 Å². The van der Waals surface area contributed by atoms with Gasteiger partial charge in [-0.1, -0.05) is 62.4 Å². The summed E-state index contributed by atoms with van der Waals surface area (Å²) in [6.07, 6.45) is 3.06. The van der Waals surface area contributed by atoms with Crippen molar-refractivity contribution >= 4 is 6.08 Å². The van der Waals surface area contributed by atoms with Gasteiger partial charge in [-0.3, -0.25) is 0 Å². The Morgan fingerprint density at radius 2 is 1.74 bits per heavy atom. The largest absolute Gasteiger partial charge is 0.255 e. The number of benzene rings is 2. The summed E-state index contributed by atoms with van der Waals surface area (Å²) >= 11 is 0. The van der Waals surface area contributed by atoms with E-state index < -0.39 is 23.5 Å². The fraction of sp³-hybridized carbons (Fsp3) is 0.391. The van der Waals surface area contributed by atoms with E-state index in [1.807, 2.05) is 31.2 Å². The van der Waals surface area contributed by atoms with Crippen molar-refractivity contribution < 1.29 is 17.6 Å². The highest BCUT2D eigenvalue weighted by Gasteiger charge is 2.47. The lowest BCUT2D eigenvalue weighted by molar-refractivity contribution is -0.0625. The van der Waals surface area contributed by atoms with Crippen LogP contribution in [0.15, 0.2) is 43.0 Å². The number of rotatable bonds is 5. The molecule has 3 rings (SSSR count). The van der Waals surface area contributed by atoms with Crippen LogP contribution in [0.25, 0.3) is 6.08 Å². The predicted octanol–water partition coefficient (Wildman–Crippen LogP) is 7.25. The first-order chi connectivity index (χ1) is 12.9. The number of hydrogen-bond acceptors (Lipinski definition) is 0. The fourth-order valence-corrected chi connectivity index (χ4v) is 4.06. The summed E-state index contributed by atoms with van der Waals surface area (Å²) in [7, 11) is 0. The van der Waals surface area contributed by atoms with Gasteiger partial charge in [0.25, 0.3) is 5.92 Å². The first-order valence-corrected chi connectivity index (χ1v) is 9.44. The SMILES string of the molecule is C=Cc1ccc(C2CCC(c3ccc(CCC)c(F)c3F)C(F)(F)C2)cc1. The second-order valence-corrected chi connectivity index (χ2v) is 7.35. The van der Waals surface area contributed by atoms with Crippen LogP contribution in [-0.2, 0) is 6.42 Å². The molecule has 0 nitrogen and oxygen atoms in total. The van der Waals surface area contributed by atoms with Gasteiger partial charge in [-0.25, -0.2) is 17.6 Å². The predicted molar refractivity (Wildman–Crippen MR) is 101 cm³/mol. The molecule has 2 aromatic rings. The average Bonchev–Trinajstić information content (AvgIpc) is 2.66. The van der Waals surface area contributed by atoms with Gasteiger partial charge >= 0.3 is 0 Å². The summed E-state index contributed by atoms with van der Waals surface area (Å²) in [5.41, 5.74) is 1.84. The Labute approximate surface area is 157 Å². The lowest BCUT2D eigenvalue weighted by Gasteiger charge is -2.36. The molecule has 0 aliphatic heterocycles. The molecule has 144 valence electrons. The maximum Gasteiger partial charge on any atom is 0.255 e. The molecular formula is C23H24F4. The van der Waals surface area contributed by atoms with Crippen molar-refractivity contribution in [3.05, 3.63) is 76.9 Å². The molecule has 1 aliphatic rings. The summed E-state index contributed by atoms with van der Waals surface area (Å²) in [5.74, 6) is -6.75. The highest BCUT2D eigenvalue weighted by molar-refractivity contribution is 5.47. The molecule has 0 aromatic heterocycles. The lowest BCUT2D eigenvalue weighted by atomic mass is 9.73. The van der Waals surface area contributed by atoms with E-state index in [1.165, 1.54) is 12.1 Å². The molecular weight excluding hydrogens is 352 g/mol. The van der Waals surface area contributed by atoms with Crippen LogP contribution in [0.1, 0.15) is 66.7 Å². The molecule has 27 heavy (non-hydrogen) atoms. The minimum atomic E-state index is -3.08. The zero-order chi connectivity index (χ0) is 19.6. The maximum absolute atomic E-state index is 14.9. The zero-order valence-electron chi connectivity index (χ0n) is 15.5. The Hall–Kier alpha value is -2.10. The molecule has 4 heteroatoms. The van der Waals surface area contributed by atoms with Gasteiger partial charge in [0, 0.05) is 6.42 Å². The van der Waals surface area contributed by atoms with Crippen LogP contribution in [0.2, 0.25) is 0 Å². The Bertz CT molecular complexity index is 808. The first-order valence-electron chi connectivity index (χ1n) is 9.44. The van der Waals surface area contributed by atoms with Gasteiger partial charge in [0.15, 0.2) is 11.6 Å². The summed E-state index contributed by atoms with van der Waals surface area (Å²) < 4.78 is 58.5. The smallest absolute Gasteiger partial charge is 0.206 e. The lowest BCUT2D eigenvalue weighted by Crippen LogP contribution is -2.34. The Morgan fingerprint density at radius 1 is 1.04 bits per heavy atom. The Morgan fingerprint density at radius 3 is 2.33 bits per heavy atom. The zero-order valence-corrected chi connectivity index (χ0v) is 15.5. The van der Waals surface area contributed by atoms with E-state index >= 15 is 0 Å². The van der Waals surface area contributed by atoms with E-state index in [4.69, 9.17) is 0 Å². The van der Waals surface area contributed by atoms with Crippen molar-refractivity contribution in [2.45, 2.75) is 56.8 Å². The highest BCUT2D eigenvalue weighted by atomic mass is 19.3. The van der Waals surface area contributed by atoms with Gasteiger partial charge in [0.05, 0.1) is 5.92 Å². The van der Waals surface area contributed by atoms with Crippen LogP contribution in [0.3, 0.4) is 0 Å². The molecule has 0 N–H and O–H groups in total. The summed E-state index contributed by atoms with van der Waals surface area (Å²) in [5, 5.41) is 0. The number of halogens is 4. The fourth-order valence-electron chi connectivity index (χ4n) is 4.06. The molecule has 1 fully saturated rings. The summed E-state index contributed by atoms with van der Waals surface area (Å²) in [4.78, 5) is 0. The molecule has 1 aliphatic carbocycles. The Kier molecular flexibility index (Phi) is 5.73. The van der Waals surface area contributed by atoms with Crippen molar-refractivity contribution in [3.8, 4) is 0 Å². The second-order valence-electron chi connectivity index (χ2n) is 7.35. The number of hydrogen-bond donors (Lipinski definition) is 0. The van der Waals surface area contributed by atoms with E-state index in [9.17, 15) is 17.6 Å². The molecule has 0 bridgehead atoms. The molecule has 0 amide bonds. The molecule has 0 heterocycles. The van der Waals surface area contributed by atoms with Gasteiger partial charge in [0.2, 0.25) is 0 Å². The summed E-state index contributed by atoms with van der Waals surface area (Å²) in [6.45, 7) is 5.55. The minimum absolute atomic E-state index is 0.129. The van der Waals surface area contributed by atoms with Crippen LogP contribution in [0.5, 0.6) is 0 Å². The second kappa shape index (κ2) is 7.87. The molecule has 2 aromatic carbocycles. The number of aryl methyl sites for hydroxylation is 1. The monoisotopic (exact) mass is 376 g/mol. The topological polar surface area (TPSA) is 0 Å². The van der Waals surface area contributed by atoms with Gasteiger partial charge in [-0.05, 0) is 47.4 Å². The molecule has 0 radical (unpaired) electrons. The molecule has 2 atom stereocenters. The van der Waals surface area contributed by atoms with Crippen LogP contribution >= 0.6 is 0 Å². The molecule has 0 spiro atoms. The highest BCUT2D eigenvalue weighted by Crippen LogP contribution is 2.50. The van der Waals surface area contributed by atoms with Crippen LogP contribution in [0.4, 0.5) is 17.6 Å². The molecule has 2 unspecified atom stereocenters. The number of alkyl halides is 2. The van der Waals surface area contributed by atoms with Crippen molar-refractivity contribution in [2.75, 3.05) is 0 Å². The Balaban J connectivity index is 1.83. The van der Waals surface area contributed by atoms with E-state index in [0.29, 0.717) is 19.3 Å². The van der Waals surface area contributed by atoms with E-state index in [0.717, 1.165) is 11.1 Å². The third-order valence-corrected chi connectivity index (χ3v) is 5.56. The first kappa shape index (κ1) is 19.7. The normalized spacial score (nSPS) is 21.8. The minimum Gasteiger partial charge on any atom is -0.206 e. The van der Waals surface area contributed by atoms with Gasteiger partial charge in [-0.2, -0.15) is 0 Å². The third-order valence-electron chi connectivity index (χ3n) is 5.56. The van der Waals surface area contributed by atoms with Crippen molar-refractivity contribution in [2.24, 2.45) is 0 Å². The van der Waals surface area contributed by atoms with E-state index in [2.05, 4.69) is 6.58 Å².